The summed E-state index contributed by atoms with van der Waals surface area (Å²) < 4.78 is 5.38. The normalized spacial score (nSPS) is 11.2. The van der Waals surface area contributed by atoms with Crippen molar-refractivity contribution in [3.8, 4) is 5.75 Å². The Bertz CT molecular complexity index is 1030. The molecule has 0 saturated carbocycles. The standard InChI is InChI=1S/C18H15N3O5/c1-10-5-12(6-11(2)17(10)22)9-19-20-18(23)16-8-13-7-14(21(24)25)3-4-15(13)26-16/h3-9,22H,1-2H3,(H,20,23)/b19-9-. The number of carbonyl (C=O) groups excluding carboxylic acids is 1. The zero-order valence-corrected chi connectivity index (χ0v) is 14.0. The molecular weight excluding hydrogens is 338 g/mol. The third-order valence-corrected chi connectivity index (χ3v) is 3.83. The van der Waals surface area contributed by atoms with Crippen LogP contribution < -0.4 is 5.43 Å². The van der Waals surface area contributed by atoms with Crippen molar-refractivity contribution in [3.05, 3.63) is 69.0 Å². The number of hydrogen-bond donors (Lipinski definition) is 2. The Morgan fingerprint density at radius 2 is 1.92 bits per heavy atom. The molecule has 1 aromatic heterocycles. The molecule has 0 unspecified atom stereocenters. The molecule has 2 aromatic carbocycles. The number of phenols is 1. The van der Waals surface area contributed by atoms with Gasteiger partial charge in [-0.15, -0.1) is 0 Å². The number of rotatable bonds is 4. The fourth-order valence-corrected chi connectivity index (χ4v) is 2.54. The van der Waals surface area contributed by atoms with Gasteiger partial charge in [0, 0.05) is 17.5 Å². The quantitative estimate of drug-likeness (QED) is 0.423. The van der Waals surface area contributed by atoms with Crippen molar-refractivity contribution < 1.29 is 19.2 Å². The van der Waals surface area contributed by atoms with Crippen molar-refractivity contribution in [2.45, 2.75) is 13.8 Å². The van der Waals surface area contributed by atoms with Crippen molar-refractivity contribution in [2.75, 3.05) is 0 Å². The zero-order valence-electron chi connectivity index (χ0n) is 14.0. The first kappa shape index (κ1) is 17.2. The van der Waals surface area contributed by atoms with Gasteiger partial charge in [0.15, 0.2) is 5.76 Å². The molecule has 0 radical (unpaired) electrons. The van der Waals surface area contributed by atoms with Gasteiger partial charge in [0.1, 0.15) is 11.3 Å². The molecule has 0 fully saturated rings. The van der Waals surface area contributed by atoms with Gasteiger partial charge in [-0.05, 0) is 54.8 Å². The highest BCUT2D eigenvalue weighted by atomic mass is 16.6. The molecule has 132 valence electrons. The van der Waals surface area contributed by atoms with Gasteiger partial charge < -0.3 is 9.52 Å². The maximum atomic E-state index is 12.1. The van der Waals surface area contributed by atoms with Crippen LogP contribution in [0.4, 0.5) is 5.69 Å². The molecular formula is C18H15N3O5. The number of hydrazone groups is 1. The third kappa shape index (κ3) is 3.39. The highest BCUT2D eigenvalue weighted by molar-refractivity contribution is 5.97. The molecule has 3 rings (SSSR count). The number of nitrogens with one attached hydrogen (secondary N) is 1. The second kappa shape index (κ2) is 6.67. The van der Waals surface area contributed by atoms with Crippen LogP contribution in [0.5, 0.6) is 5.75 Å². The molecule has 0 aliphatic heterocycles. The molecule has 0 saturated heterocycles. The summed E-state index contributed by atoms with van der Waals surface area (Å²) in [6.45, 7) is 3.54. The van der Waals surface area contributed by atoms with E-state index in [1.54, 1.807) is 26.0 Å². The van der Waals surface area contributed by atoms with Gasteiger partial charge in [-0.2, -0.15) is 5.10 Å². The number of carbonyl (C=O) groups is 1. The number of phenolic OH excluding ortho intramolecular Hbond substituents is 1. The van der Waals surface area contributed by atoms with Crippen LogP contribution in [0.2, 0.25) is 0 Å². The third-order valence-electron chi connectivity index (χ3n) is 3.83. The van der Waals surface area contributed by atoms with E-state index in [1.807, 2.05) is 0 Å². The van der Waals surface area contributed by atoms with Gasteiger partial charge in [-0.25, -0.2) is 5.43 Å². The minimum Gasteiger partial charge on any atom is -0.507 e. The van der Waals surface area contributed by atoms with Crippen LogP contribution in [-0.4, -0.2) is 22.2 Å². The molecule has 0 spiro atoms. The lowest BCUT2D eigenvalue weighted by Crippen LogP contribution is -2.16. The van der Waals surface area contributed by atoms with Crippen molar-refractivity contribution in [1.82, 2.24) is 5.43 Å². The van der Waals surface area contributed by atoms with Crippen molar-refractivity contribution in [3.63, 3.8) is 0 Å². The number of non-ortho nitro benzene ring substituents is 1. The Hall–Kier alpha value is -3.68. The highest BCUT2D eigenvalue weighted by Crippen LogP contribution is 2.24. The predicted octanol–water partition coefficient (Wildman–Crippen LogP) is 3.43. The molecule has 1 heterocycles. The van der Waals surface area contributed by atoms with Crippen LogP contribution >= 0.6 is 0 Å². The minimum absolute atomic E-state index is 0.00397. The molecule has 1 amide bonds. The molecule has 0 atom stereocenters. The number of furan rings is 1. The van der Waals surface area contributed by atoms with Crippen LogP contribution in [-0.2, 0) is 0 Å². The number of nitro groups is 1. The predicted molar refractivity (Wildman–Crippen MR) is 95.5 cm³/mol. The summed E-state index contributed by atoms with van der Waals surface area (Å²) >= 11 is 0. The van der Waals surface area contributed by atoms with E-state index in [2.05, 4.69) is 10.5 Å². The number of amides is 1. The summed E-state index contributed by atoms with van der Waals surface area (Å²) in [7, 11) is 0. The molecule has 3 aromatic rings. The number of nitrogens with zero attached hydrogens (tertiary/aromatic N) is 2. The maximum absolute atomic E-state index is 12.1. The van der Waals surface area contributed by atoms with E-state index in [1.165, 1.54) is 30.5 Å². The van der Waals surface area contributed by atoms with Crippen LogP contribution in [0.25, 0.3) is 11.0 Å². The first-order chi connectivity index (χ1) is 12.3. The second-order valence-electron chi connectivity index (χ2n) is 5.79. The number of aryl methyl sites for hydroxylation is 2. The number of fused-ring (bicyclic) bond motifs is 1. The second-order valence-corrected chi connectivity index (χ2v) is 5.79. The molecule has 2 N–H and O–H groups in total. The summed E-state index contributed by atoms with van der Waals surface area (Å²) in [5, 5.41) is 24.9. The lowest BCUT2D eigenvalue weighted by molar-refractivity contribution is -0.384. The molecule has 0 bridgehead atoms. The molecule has 26 heavy (non-hydrogen) atoms. The zero-order chi connectivity index (χ0) is 18.8. The molecule has 8 heteroatoms. The van der Waals surface area contributed by atoms with Gasteiger partial charge in [0.2, 0.25) is 0 Å². The lowest BCUT2D eigenvalue weighted by atomic mass is 10.1. The van der Waals surface area contributed by atoms with Gasteiger partial charge in [0.25, 0.3) is 5.69 Å². The summed E-state index contributed by atoms with van der Waals surface area (Å²) in [4.78, 5) is 22.4. The average molecular weight is 353 g/mol. The van der Waals surface area contributed by atoms with Crippen LogP contribution in [0.1, 0.15) is 27.2 Å². The smallest absolute Gasteiger partial charge is 0.307 e. The topological polar surface area (TPSA) is 118 Å². The van der Waals surface area contributed by atoms with Gasteiger partial charge in [0.05, 0.1) is 11.1 Å². The number of nitro benzene ring substituents is 1. The fraction of sp³-hybridized carbons (Fsp3) is 0.111. The Kier molecular flexibility index (Phi) is 4.40. The molecule has 8 nitrogen and oxygen atoms in total. The first-order valence-corrected chi connectivity index (χ1v) is 7.67. The van der Waals surface area contributed by atoms with E-state index >= 15 is 0 Å². The van der Waals surface area contributed by atoms with E-state index in [0.717, 1.165) is 5.56 Å². The first-order valence-electron chi connectivity index (χ1n) is 7.67. The Balaban J connectivity index is 1.76. The van der Waals surface area contributed by atoms with Gasteiger partial charge >= 0.3 is 5.91 Å². The van der Waals surface area contributed by atoms with E-state index in [0.29, 0.717) is 22.1 Å². The molecule has 0 aliphatic rings. The average Bonchev–Trinajstić information content (AvgIpc) is 3.02. The van der Waals surface area contributed by atoms with Crippen LogP contribution in [0.3, 0.4) is 0 Å². The summed E-state index contributed by atoms with van der Waals surface area (Å²) in [5.41, 5.74) is 4.76. The summed E-state index contributed by atoms with van der Waals surface area (Å²) in [6, 6.07) is 8.97. The number of benzene rings is 2. The maximum Gasteiger partial charge on any atom is 0.307 e. The number of hydrogen-bond acceptors (Lipinski definition) is 6. The highest BCUT2D eigenvalue weighted by Gasteiger charge is 2.14. The van der Waals surface area contributed by atoms with Gasteiger partial charge in [-0.3, -0.25) is 14.9 Å². The summed E-state index contributed by atoms with van der Waals surface area (Å²) in [5.74, 6) is -0.356. The van der Waals surface area contributed by atoms with Crippen LogP contribution in [0.15, 0.2) is 45.9 Å². The molecule has 0 aliphatic carbocycles. The van der Waals surface area contributed by atoms with Crippen molar-refractivity contribution >= 4 is 28.8 Å². The minimum atomic E-state index is -0.577. The van der Waals surface area contributed by atoms with E-state index in [-0.39, 0.29) is 17.2 Å². The van der Waals surface area contributed by atoms with Gasteiger partial charge in [-0.1, -0.05) is 0 Å². The summed E-state index contributed by atoms with van der Waals surface area (Å²) in [6.07, 6.45) is 1.45. The largest absolute Gasteiger partial charge is 0.507 e. The van der Waals surface area contributed by atoms with E-state index in [4.69, 9.17) is 4.42 Å². The van der Waals surface area contributed by atoms with Crippen molar-refractivity contribution in [2.24, 2.45) is 5.10 Å². The monoisotopic (exact) mass is 353 g/mol. The Morgan fingerprint density at radius 3 is 2.58 bits per heavy atom. The lowest BCUT2D eigenvalue weighted by Gasteiger charge is -2.04. The van der Waals surface area contributed by atoms with E-state index in [9.17, 15) is 20.0 Å². The Labute approximate surface area is 147 Å². The van der Waals surface area contributed by atoms with E-state index < -0.39 is 10.8 Å². The number of aromatic hydroxyl groups is 1. The Morgan fingerprint density at radius 1 is 1.23 bits per heavy atom. The fourth-order valence-electron chi connectivity index (χ4n) is 2.54. The van der Waals surface area contributed by atoms with Crippen molar-refractivity contribution in [1.29, 1.82) is 0 Å². The van der Waals surface area contributed by atoms with Crippen LogP contribution in [0, 0.1) is 24.0 Å². The SMILES string of the molecule is Cc1cc(/C=N\NC(=O)c2cc3cc([N+](=O)[O-])ccc3o2)cc(C)c1O.